The Hall–Kier alpha value is -2.43. The van der Waals surface area contributed by atoms with E-state index in [-0.39, 0.29) is 11.9 Å². The summed E-state index contributed by atoms with van der Waals surface area (Å²) in [6.07, 6.45) is 1.97. The monoisotopic (exact) mass is 378 g/mol. The summed E-state index contributed by atoms with van der Waals surface area (Å²) >= 11 is 0. The van der Waals surface area contributed by atoms with E-state index in [4.69, 9.17) is 4.98 Å². The van der Waals surface area contributed by atoms with Gasteiger partial charge in [-0.05, 0) is 31.4 Å². The molecule has 2 saturated heterocycles. The lowest BCUT2D eigenvalue weighted by molar-refractivity contribution is -0.130. The third-order valence-electron chi connectivity index (χ3n) is 6.26. The molecular weight excluding hydrogens is 348 g/mol. The lowest BCUT2D eigenvalue weighted by atomic mass is 9.87. The number of anilines is 1. The maximum atomic E-state index is 12.4. The van der Waals surface area contributed by atoms with E-state index < -0.39 is 0 Å². The van der Waals surface area contributed by atoms with Crippen LogP contribution in [0.4, 0.5) is 5.82 Å². The summed E-state index contributed by atoms with van der Waals surface area (Å²) in [4.78, 5) is 26.3. The number of carbonyl (C=O) groups excluding carboxylic acids is 1. The van der Waals surface area contributed by atoms with Crippen LogP contribution < -0.4 is 4.90 Å². The van der Waals surface area contributed by atoms with E-state index >= 15 is 0 Å². The van der Waals surface area contributed by atoms with E-state index in [1.54, 1.807) is 6.92 Å². The van der Waals surface area contributed by atoms with Crippen LogP contribution in [-0.4, -0.2) is 40.4 Å². The molecule has 2 aliphatic heterocycles. The van der Waals surface area contributed by atoms with Crippen molar-refractivity contribution in [2.24, 2.45) is 11.8 Å². The van der Waals surface area contributed by atoms with Crippen molar-refractivity contribution in [3.63, 3.8) is 0 Å². The van der Waals surface area contributed by atoms with E-state index in [0.717, 1.165) is 49.8 Å². The van der Waals surface area contributed by atoms with Gasteiger partial charge in [0.2, 0.25) is 5.91 Å². The van der Waals surface area contributed by atoms with Crippen molar-refractivity contribution in [1.29, 1.82) is 0 Å². The van der Waals surface area contributed by atoms with Gasteiger partial charge in [-0.2, -0.15) is 0 Å². The number of aryl methyl sites for hydroxylation is 3. The summed E-state index contributed by atoms with van der Waals surface area (Å²) < 4.78 is 0. The van der Waals surface area contributed by atoms with Gasteiger partial charge >= 0.3 is 0 Å². The first-order chi connectivity index (χ1) is 13.5. The Balaban J connectivity index is 1.64. The van der Waals surface area contributed by atoms with E-state index in [0.29, 0.717) is 11.8 Å². The van der Waals surface area contributed by atoms with Gasteiger partial charge in [-0.15, -0.1) is 0 Å². The van der Waals surface area contributed by atoms with Crippen LogP contribution in [-0.2, 0) is 11.2 Å². The SMILES string of the molecule is CCCc1nc(C)cc(N2C[C@@H]3CN(C(C)=O)[C@H](c4ccccc4C)[C@@H]3C2)n1. The molecule has 0 bridgehead atoms. The molecule has 0 saturated carbocycles. The van der Waals surface area contributed by atoms with Crippen LogP contribution in [0.3, 0.4) is 0 Å². The van der Waals surface area contributed by atoms with Crippen LogP contribution >= 0.6 is 0 Å². The van der Waals surface area contributed by atoms with E-state index in [9.17, 15) is 4.79 Å². The smallest absolute Gasteiger partial charge is 0.219 e. The molecule has 0 spiro atoms. The van der Waals surface area contributed by atoms with E-state index in [2.05, 4.69) is 65.9 Å². The molecule has 5 heteroatoms. The summed E-state index contributed by atoms with van der Waals surface area (Å²) in [5, 5.41) is 0. The molecule has 3 heterocycles. The number of carbonyl (C=O) groups is 1. The second-order valence-corrected chi connectivity index (χ2v) is 8.34. The second-order valence-electron chi connectivity index (χ2n) is 8.34. The lowest BCUT2D eigenvalue weighted by Crippen LogP contribution is -2.35. The van der Waals surface area contributed by atoms with Crippen molar-refractivity contribution in [3.8, 4) is 0 Å². The zero-order chi connectivity index (χ0) is 19.8. The van der Waals surface area contributed by atoms with Gasteiger partial charge in [0.1, 0.15) is 11.6 Å². The second kappa shape index (κ2) is 7.53. The molecule has 1 aromatic heterocycles. The first-order valence-corrected chi connectivity index (χ1v) is 10.4. The van der Waals surface area contributed by atoms with E-state index in [1.807, 2.05) is 0 Å². The molecule has 3 atom stereocenters. The average Bonchev–Trinajstić information content (AvgIpc) is 3.20. The number of rotatable bonds is 4. The molecule has 0 unspecified atom stereocenters. The number of amides is 1. The van der Waals surface area contributed by atoms with Gasteiger partial charge in [-0.25, -0.2) is 9.97 Å². The van der Waals surface area contributed by atoms with Crippen molar-refractivity contribution < 1.29 is 4.79 Å². The number of aromatic nitrogens is 2. The number of fused-ring (bicyclic) bond motifs is 1. The number of nitrogens with zero attached hydrogens (tertiary/aromatic N) is 4. The zero-order valence-corrected chi connectivity index (χ0v) is 17.4. The van der Waals surface area contributed by atoms with Crippen LogP contribution in [0.5, 0.6) is 0 Å². The highest BCUT2D eigenvalue weighted by molar-refractivity contribution is 5.74. The summed E-state index contributed by atoms with van der Waals surface area (Å²) in [5.41, 5.74) is 3.59. The first-order valence-electron chi connectivity index (χ1n) is 10.4. The van der Waals surface area contributed by atoms with Gasteiger partial charge in [0.15, 0.2) is 0 Å². The fourth-order valence-electron chi connectivity index (χ4n) is 4.98. The third-order valence-corrected chi connectivity index (χ3v) is 6.26. The summed E-state index contributed by atoms with van der Waals surface area (Å²) in [6, 6.07) is 10.8. The number of hydrogen-bond donors (Lipinski definition) is 0. The first kappa shape index (κ1) is 18.9. The van der Waals surface area contributed by atoms with Crippen LogP contribution in [0.2, 0.25) is 0 Å². The molecule has 4 rings (SSSR count). The molecule has 28 heavy (non-hydrogen) atoms. The quantitative estimate of drug-likeness (QED) is 0.814. The predicted molar refractivity (Wildman–Crippen MR) is 111 cm³/mol. The highest BCUT2D eigenvalue weighted by Gasteiger charge is 2.49. The van der Waals surface area contributed by atoms with Crippen molar-refractivity contribution in [2.45, 2.75) is 46.6 Å². The molecule has 1 amide bonds. The fourth-order valence-corrected chi connectivity index (χ4v) is 4.98. The molecule has 0 radical (unpaired) electrons. The van der Waals surface area contributed by atoms with Crippen molar-refractivity contribution >= 4 is 11.7 Å². The number of likely N-dealkylation sites (tertiary alicyclic amines) is 1. The third kappa shape index (κ3) is 3.38. The van der Waals surface area contributed by atoms with Crippen LogP contribution in [0.1, 0.15) is 49.0 Å². The summed E-state index contributed by atoms with van der Waals surface area (Å²) in [7, 11) is 0. The zero-order valence-electron chi connectivity index (χ0n) is 17.4. The van der Waals surface area contributed by atoms with Crippen molar-refractivity contribution in [2.75, 3.05) is 24.5 Å². The molecule has 5 nitrogen and oxygen atoms in total. The maximum absolute atomic E-state index is 12.4. The largest absolute Gasteiger partial charge is 0.356 e. The highest BCUT2D eigenvalue weighted by Crippen LogP contribution is 2.46. The Bertz CT molecular complexity index is 881. The summed E-state index contributed by atoms with van der Waals surface area (Å²) in [5.74, 6) is 3.09. The molecular formula is C23H30N4O. The van der Waals surface area contributed by atoms with Crippen LogP contribution in [0.15, 0.2) is 30.3 Å². The maximum Gasteiger partial charge on any atom is 0.219 e. The molecule has 2 fully saturated rings. The van der Waals surface area contributed by atoms with Crippen LogP contribution in [0, 0.1) is 25.7 Å². The van der Waals surface area contributed by atoms with Gasteiger partial charge in [-0.3, -0.25) is 4.79 Å². The molecule has 2 aliphatic rings. The van der Waals surface area contributed by atoms with Crippen LogP contribution in [0.25, 0.3) is 0 Å². The molecule has 0 N–H and O–H groups in total. The Morgan fingerprint density at radius 2 is 1.93 bits per heavy atom. The Kier molecular flexibility index (Phi) is 5.09. The molecule has 148 valence electrons. The normalized spacial score (nSPS) is 23.9. The van der Waals surface area contributed by atoms with Gasteiger partial charge in [0, 0.05) is 56.6 Å². The van der Waals surface area contributed by atoms with Gasteiger partial charge in [0.05, 0.1) is 6.04 Å². The molecule has 0 aliphatic carbocycles. The lowest BCUT2D eigenvalue weighted by Gasteiger charge is -2.30. The standard InChI is InChI=1S/C23H30N4O/c1-5-8-21-24-16(3)11-22(25-21)26-12-18-13-27(17(4)28)23(20(18)14-26)19-10-7-6-9-15(19)2/h6-7,9-11,18,20,23H,5,8,12-14H2,1-4H3/t18-,20-,23-/m1/s1. The predicted octanol–water partition coefficient (Wildman–Crippen LogP) is 3.70. The van der Waals surface area contributed by atoms with Crippen molar-refractivity contribution in [1.82, 2.24) is 14.9 Å². The minimum absolute atomic E-state index is 0.159. The topological polar surface area (TPSA) is 49.3 Å². The Morgan fingerprint density at radius 3 is 2.64 bits per heavy atom. The van der Waals surface area contributed by atoms with Gasteiger partial charge in [0.25, 0.3) is 0 Å². The minimum Gasteiger partial charge on any atom is -0.356 e. The number of benzene rings is 1. The minimum atomic E-state index is 0.159. The number of hydrogen-bond acceptors (Lipinski definition) is 4. The summed E-state index contributed by atoms with van der Waals surface area (Å²) in [6.45, 7) is 10.8. The fraction of sp³-hybridized carbons (Fsp3) is 0.522. The van der Waals surface area contributed by atoms with Gasteiger partial charge < -0.3 is 9.80 Å². The van der Waals surface area contributed by atoms with E-state index in [1.165, 1.54) is 11.1 Å². The Morgan fingerprint density at radius 1 is 1.14 bits per heavy atom. The highest BCUT2D eigenvalue weighted by atomic mass is 16.2. The molecule has 2 aromatic rings. The average molecular weight is 379 g/mol. The Labute approximate surface area is 167 Å². The van der Waals surface area contributed by atoms with Gasteiger partial charge in [-0.1, -0.05) is 31.2 Å². The molecule has 1 aromatic carbocycles. The van der Waals surface area contributed by atoms with Crippen molar-refractivity contribution in [3.05, 3.63) is 53.0 Å².